The van der Waals surface area contributed by atoms with Crippen LogP contribution in [0.4, 0.5) is 4.79 Å². The smallest absolute Gasteiger partial charge is 0.410 e. The molecule has 0 atom stereocenters. The number of hydrogen-bond acceptors (Lipinski definition) is 3. The number of carboxylic acids is 1. The predicted molar refractivity (Wildman–Crippen MR) is 94.5 cm³/mol. The van der Waals surface area contributed by atoms with Crippen molar-refractivity contribution < 1.29 is 19.4 Å². The van der Waals surface area contributed by atoms with Crippen molar-refractivity contribution in [1.82, 2.24) is 4.90 Å². The molecule has 134 valence electrons. The van der Waals surface area contributed by atoms with E-state index in [4.69, 9.17) is 16.3 Å². The summed E-state index contributed by atoms with van der Waals surface area (Å²) in [4.78, 5) is 25.3. The number of halogens is 1. The largest absolute Gasteiger partial charge is 0.481 e. The highest BCUT2D eigenvalue weighted by Gasteiger charge is 2.44. The van der Waals surface area contributed by atoms with Crippen LogP contribution in [0.5, 0.6) is 0 Å². The van der Waals surface area contributed by atoms with Gasteiger partial charge in [-0.05, 0) is 44.4 Å². The predicted octanol–water partition coefficient (Wildman–Crippen LogP) is 4.33. The Balaban J connectivity index is 0.00000139. The summed E-state index contributed by atoms with van der Waals surface area (Å²) >= 11 is 5.87. The minimum atomic E-state index is -0.973. The third-order valence-electron chi connectivity index (χ3n) is 4.02. The first-order valence-corrected chi connectivity index (χ1v) is 8.68. The Hall–Kier alpha value is -1.75. The standard InChI is InChI=1S/C16H20ClNO4.C2H6/c1-11(2)22-15(21)18-9-7-16(8-10-18,14(19)20)12-3-5-13(17)6-4-12;1-2/h3-6,11H,7-10H2,1-2H3,(H,19,20);1-2H3. The maximum Gasteiger partial charge on any atom is 0.410 e. The van der Waals surface area contributed by atoms with Crippen molar-refractivity contribution in [3.63, 3.8) is 0 Å². The number of aliphatic carboxylic acids is 1. The number of amides is 1. The molecule has 0 saturated carbocycles. The molecule has 1 aromatic rings. The van der Waals surface area contributed by atoms with Crippen LogP contribution in [0.1, 0.15) is 46.1 Å². The van der Waals surface area contributed by atoms with Gasteiger partial charge >= 0.3 is 12.1 Å². The first-order valence-electron chi connectivity index (χ1n) is 8.30. The van der Waals surface area contributed by atoms with Gasteiger partial charge in [-0.2, -0.15) is 0 Å². The van der Waals surface area contributed by atoms with Gasteiger partial charge < -0.3 is 14.7 Å². The fourth-order valence-electron chi connectivity index (χ4n) is 2.74. The van der Waals surface area contributed by atoms with Crippen molar-refractivity contribution in [2.45, 2.75) is 52.1 Å². The van der Waals surface area contributed by atoms with Gasteiger partial charge in [0, 0.05) is 18.1 Å². The van der Waals surface area contributed by atoms with Crippen LogP contribution in [0.2, 0.25) is 5.02 Å². The summed E-state index contributed by atoms with van der Waals surface area (Å²) in [6.45, 7) is 8.30. The lowest BCUT2D eigenvalue weighted by Crippen LogP contribution is -2.49. The molecular weight excluding hydrogens is 330 g/mol. The molecule has 5 nitrogen and oxygen atoms in total. The molecule has 0 radical (unpaired) electrons. The van der Waals surface area contributed by atoms with Gasteiger partial charge in [-0.1, -0.05) is 37.6 Å². The van der Waals surface area contributed by atoms with Gasteiger partial charge in [0.25, 0.3) is 0 Å². The van der Waals surface area contributed by atoms with E-state index < -0.39 is 11.4 Å². The zero-order valence-electron chi connectivity index (χ0n) is 14.7. The molecular formula is C18H26ClNO4. The highest BCUT2D eigenvalue weighted by atomic mass is 35.5. The summed E-state index contributed by atoms with van der Waals surface area (Å²) < 4.78 is 5.16. The third kappa shape index (κ3) is 4.63. The molecule has 0 spiro atoms. The van der Waals surface area contributed by atoms with Crippen LogP contribution in [0.15, 0.2) is 24.3 Å². The molecule has 1 N–H and O–H groups in total. The molecule has 1 aliphatic rings. The van der Waals surface area contributed by atoms with Gasteiger partial charge in [-0.15, -0.1) is 0 Å². The first kappa shape index (κ1) is 20.3. The van der Waals surface area contributed by atoms with E-state index in [2.05, 4.69) is 0 Å². The van der Waals surface area contributed by atoms with E-state index >= 15 is 0 Å². The summed E-state index contributed by atoms with van der Waals surface area (Å²) in [5.41, 5.74) is -0.250. The van der Waals surface area contributed by atoms with Crippen LogP contribution in [0.25, 0.3) is 0 Å². The number of ether oxygens (including phenoxy) is 1. The highest BCUT2D eigenvalue weighted by Crippen LogP contribution is 2.36. The molecule has 1 aromatic carbocycles. The molecule has 0 aromatic heterocycles. The van der Waals surface area contributed by atoms with E-state index in [1.165, 1.54) is 0 Å². The molecule has 6 heteroatoms. The molecule has 0 aliphatic carbocycles. The Kier molecular flexibility index (Phi) is 7.55. The molecule has 1 aliphatic heterocycles. The van der Waals surface area contributed by atoms with Crippen molar-refractivity contribution in [2.75, 3.05) is 13.1 Å². The summed E-state index contributed by atoms with van der Waals surface area (Å²) in [7, 11) is 0. The Bertz CT molecular complexity index is 549. The number of carbonyl (C=O) groups is 2. The van der Waals surface area contributed by atoms with Crippen LogP contribution in [0.3, 0.4) is 0 Å². The van der Waals surface area contributed by atoms with Crippen LogP contribution >= 0.6 is 11.6 Å². The average molecular weight is 356 g/mol. The number of carbonyl (C=O) groups excluding carboxylic acids is 1. The lowest BCUT2D eigenvalue weighted by Gasteiger charge is -2.38. The van der Waals surface area contributed by atoms with Crippen molar-refractivity contribution in [3.05, 3.63) is 34.9 Å². The maximum absolute atomic E-state index is 11.9. The summed E-state index contributed by atoms with van der Waals surface area (Å²) in [5, 5.41) is 10.3. The van der Waals surface area contributed by atoms with Crippen LogP contribution < -0.4 is 0 Å². The highest BCUT2D eigenvalue weighted by molar-refractivity contribution is 6.30. The summed E-state index contributed by atoms with van der Waals surface area (Å²) in [5.74, 6) is -0.869. The van der Waals surface area contributed by atoms with Gasteiger partial charge in [-0.3, -0.25) is 4.79 Å². The number of likely N-dealkylation sites (tertiary alicyclic amines) is 1. The van der Waals surface area contributed by atoms with Gasteiger partial charge in [0.1, 0.15) is 0 Å². The molecule has 24 heavy (non-hydrogen) atoms. The molecule has 0 unspecified atom stereocenters. The van der Waals surface area contributed by atoms with Crippen LogP contribution in [-0.2, 0) is 14.9 Å². The molecule has 1 fully saturated rings. The molecule has 1 amide bonds. The van der Waals surface area contributed by atoms with E-state index in [1.54, 1.807) is 43.0 Å². The zero-order chi connectivity index (χ0) is 18.3. The minimum absolute atomic E-state index is 0.185. The lowest BCUT2D eigenvalue weighted by atomic mass is 9.73. The number of nitrogens with zero attached hydrogens (tertiary/aromatic N) is 1. The second-order valence-corrected chi connectivity index (χ2v) is 6.25. The average Bonchev–Trinajstić information content (AvgIpc) is 2.56. The second kappa shape index (κ2) is 8.92. The molecule has 0 bridgehead atoms. The Morgan fingerprint density at radius 2 is 1.67 bits per heavy atom. The van der Waals surface area contributed by atoms with Gasteiger partial charge in [0.05, 0.1) is 11.5 Å². The van der Waals surface area contributed by atoms with E-state index in [9.17, 15) is 14.7 Å². The number of carboxylic acid groups (broad SMARTS) is 1. The fraction of sp³-hybridized carbons (Fsp3) is 0.556. The van der Waals surface area contributed by atoms with Gasteiger partial charge in [0.15, 0.2) is 0 Å². The quantitative estimate of drug-likeness (QED) is 0.876. The fourth-order valence-corrected chi connectivity index (χ4v) is 2.87. The number of hydrogen-bond donors (Lipinski definition) is 1. The van der Waals surface area contributed by atoms with Gasteiger partial charge in [-0.25, -0.2) is 4.79 Å². The number of piperidine rings is 1. The SMILES string of the molecule is CC.CC(C)OC(=O)N1CCC(C(=O)O)(c2ccc(Cl)cc2)CC1. The minimum Gasteiger partial charge on any atom is -0.481 e. The Morgan fingerprint density at radius 1 is 1.17 bits per heavy atom. The Labute approximate surface area is 148 Å². The zero-order valence-corrected chi connectivity index (χ0v) is 15.5. The number of benzene rings is 1. The molecule has 1 heterocycles. The third-order valence-corrected chi connectivity index (χ3v) is 4.27. The normalized spacial score (nSPS) is 16.2. The monoisotopic (exact) mass is 355 g/mol. The molecule has 2 rings (SSSR count). The van der Waals surface area contributed by atoms with E-state index in [0.29, 0.717) is 31.0 Å². The van der Waals surface area contributed by atoms with Crippen LogP contribution in [-0.4, -0.2) is 41.3 Å². The lowest BCUT2D eigenvalue weighted by molar-refractivity contribution is -0.145. The van der Waals surface area contributed by atoms with Crippen molar-refractivity contribution in [3.8, 4) is 0 Å². The van der Waals surface area contributed by atoms with Crippen molar-refractivity contribution in [2.24, 2.45) is 0 Å². The second-order valence-electron chi connectivity index (χ2n) is 5.81. The van der Waals surface area contributed by atoms with E-state index in [1.807, 2.05) is 13.8 Å². The summed E-state index contributed by atoms with van der Waals surface area (Å²) in [6, 6.07) is 6.89. The topological polar surface area (TPSA) is 66.8 Å². The van der Waals surface area contributed by atoms with E-state index in [0.717, 1.165) is 5.56 Å². The molecule has 1 saturated heterocycles. The van der Waals surface area contributed by atoms with Crippen LogP contribution in [0, 0.1) is 0 Å². The van der Waals surface area contributed by atoms with Gasteiger partial charge in [0.2, 0.25) is 0 Å². The van der Waals surface area contributed by atoms with Crippen molar-refractivity contribution in [1.29, 1.82) is 0 Å². The van der Waals surface area contributed by atoms with Crippen molar-refractivity contribution >= 4 is 23.7 Å². The summed E-state index contributed by atoms with van der Waals surface area (Å²) in [6.07, 6.45) is 0.147. The maximum atomic E-state index is 11.9. The van der Waals surface area contributed by atoms with E-state index in [-0.39, 0.29) is 12.2 Å². The Morgan fingerprint density at radius 3 is 2.08 bits per heavy atom. The number of rotatable bonds is 3. The first-order chi connectivity index (χ1) is 11.3.